The van der Waals surface area contributed by atoms with Crippen molar-refractivity contribution in [2.24, 2.45) is 0 Å². The zero-order valence-electron chi connectivity index (χ0n) is 16.8. The first-order valence-corrected chi connectivity index (χ1v) is 11.5. The van der Waals surface area contributed by atoms with E-state index in [0.717, 1.165) is 16.5 Å². The van der Waals surface area contributed by atoms with Gasteiger partial charge in [0.05, 0.1) is 4.88 Å². The number of nitrogens with one attached hydrogen (secondary N) is 2. The van der Waals surface area contributed by atoms with Crippen molar-refractivity contribution in [1.82, 2.24) is 10.3 Å². The van der Waals surface area contributed by atoms with Gasteiger partial charge in [-0.3, -0.25) is 9.59 Å². The molecule has 0 saturated heterocycles. The van der Waals surface area contributed by atoms with Gasteiger partial charge in [0.25, 0.3) is 5.91 Å². The number of rotatable bonds is 8. The number of thiophene rings is 1. The Balaban J connectivity index is 1.51. The molecule has 4 aromatic rings. The van der Waals surface area contributed by atoms with Crippen molar-refractivity contribution in [1.29, 1.82) is 0 Å². The average molecular weight is 511 g/mol. The van der Waals surface area contributed by atoms with Crippen molar-refractivity contribution < 1.29 is 19.1 Å². The first-order chi connectivity index (χ1) is 15.5. The molecule has 32 heavy (non-hydrogen) atoms. The fourth-order valence-corrected chi connectivity index (χ4v) is 4.49. The van der Waals surface area contributed by atoms with Gasteiger partial charge in [-0.05, 0) is 29.1 Å². The predicted octanol–water partition coefficient (Wildman–Crippen LogP) is 4.76. The summed E-state index contributed by atoms with van der Waals surface area (Å²) in [7, 11) is 0. The summed E-state index contributed by atoms with van der Waals surface area (Å²) in [5.74, 6) is -1.36. The number of aromatic nitrogens is 1. The lowest BCUT2D eigenvalue weighted by molar-refractivity contribution is -0.144. The maximum absolute atomic E-state index is 12.9. The molecule has 0 fully saturated rings. The summed E-state index contributed by atoms with van der Waals surface area (Å²) in [5, 5.41) is 5.51. The molecule has 0 radical (unpaired) electrons. The molecule has 1 amide bonds. The molecule has 162 valence electrons. The van der Waals surface area contributed by atoms with Crippen LogP contribution in [0.2, 0.25) is 0 Å². The Morgan fingerprint density at radius 1 is 1.03 bits per heavy atom. The van der Waals surface area contributed by atoms with Crippen molar-refractivity contribution in [3.63, 3.8) is 0 Å². The number of fused-ring (bicyclic) bond motifs is 1. The first kappa shape index (κ1) is 22.0. The molecule has 2 aromatic carbocycles. The van der Waals surface area contributed by atoms with Crippen molar-refractivity contribution >= 4 is 55.8 Å². The lowest BCUT2D eigenvalue weighted by Crippen LogP contribution is -2.43. The number of ether oxygens (including phenoxy) is 1. The fraction of sp³-hybridized carbons (Fsp3) is 0.125. The molecular formula is C24H19BrN2O4S. The van der Waals surface area contributed by atoms with E-state index in [1.807, 2.05) is 30.5 Å². The number of H-pyrrole nitrogens is 1. The monoisotopic (exact) mass is 510 g/mol. The van der Waals surface area contributed by atoms with Gasteiger partial charge in [-0.2, -0.15) is 0 Å². The number of halogens is 1. The summed E-state index contributed by atoms with van der Waals surface area (Å²) in [6, 6.07) is 17.1. The van der Waals surface area contributed by atoms with Gasteiger partial charge in [-0.25, -0.2) is 4.79 Å². The van der Waals surface area contributed by atoms with Crippen LogP contribution in [-0.4, -0.2) is 35.3 Å². The minimum atomic E-state index is -0.948. The lowest BCUT2D eigenvalue weighted by Gasteiger charge is -2.17. The van der Waals surface area contributed by atoms with Crippen LogP contribution in [0.25, 0.3) is 10.9 Å². The topological polar surface area (TPSA) is 88.3 Å². The van der Waals surface area contributed by atoms with Crippen LogP contribution in [0.5, 0.6) is 0 Å². The van der Waals surface area contributed by atoms with Gasteiger partial charge in [0.15, 0.2) is 6.61 Å². The van der Waals surface area contributed by atoms with Crippen LogP contribution in [0.15, 0.2) is 76.7 Å². The number of ketones is 1. The van der Waals surface area contributed by atoms with Gasteiger partial charge >= 0.3 is 5.97 Å². The minimum Gasteiger partial charge on any atom is -0.456 e. The van der Waals surface area contributed by atoms with Gasteiger partial charge in [0.1, 0.15) is 6.04 Å². The predicted molar refractivity (Wildman–Crippen MR) is 127 cm³/mol. The Hall–Kier alpha value is -3.23. The molecule has 0 aliphatic heterocycles. The largest absolute Gasteiger partial charge is 0.456 e. The van der Waals surface area contributed by atoms with Crippen molar-refractivity contribution in [2.45, 2.75) is 12.5 Å². The number of hydrogen-bond donors (Lipinski definition) is 2. The van der Waals surface area contributed by atoms with E-state index in [9.17, 15) is 14.4 Å². The Morgan fingerprint density at radius 3 is 2.59 bits per heavy atom. The number of benzene rings is 2. The smallest absolute Gasteiger partial charge is 0.329 e. The van der Waals surface area contributed by atoms with Crippen LogP contribution < -0.4 is 5.32 Å². The van der Waals surface area contributed by atoms with Crippen molar-refractivity contribution in [2.75, 3.05) is 6.61 Å². The molecular weight excluding hydrogens is 492 g/mol. The summed E-state index contributed by atoms with van der Waals surface area (Å²) in [5.41, 5.74) is 2.23. The zero-order valence-corrected chi connectivity index (χ0v) is 19.2. The molecule has 0 aliphatic carbocycles. The third-order valence-corrected chi connectivity index (χ3v) is 6.51. The van der Waals surface area contributed by atoms with E-state index in [2.05, 4.69) is 26.2 Å². The summed E-state index contributed by atoms with van der Waals surface area (Å²) >= 11 is 4.61. The minimum absolute atomic E-state index is 0.225. The summed E-state index contributed by atoms with van der Waals surface area (Å²) in [6.45, 7) is -0.416. The highest BCUT2D eigenvalue weighted by molar-refractivity contribution is 9.10. The summed E-state index contributed by atoms with van der Waals surface area (Å²) in [4.78, 5) is 41.7. The average Bonchev–Trinajstić information content (AvgIpc) is 3.48. The Kier molecular flexibility index (Phi) is 6.82. The van der Waals surface area contributed by atoms with E-state index >= 15 is 0 Å². The molecule has 0 saturated carbocycles. The van der Waals surface area contributed by atoms with E-state index in [-0.39, 0.29) is 18.1 Å². The van der Waals surface area contributed by atoms with Crippen LogP contribution >= 0.6 is 27.3 Å². The molecule has 1 atom stereocenters. The van der Waals surface area contributed by atoms with Crippen LogP contribution in [0.4, 0.5) is 0 Å². The number of carbonyl (C=O) groups is 3. The van der Waals surface area contributed by atoms with Gasteiger partial charge in [-0.1, -0.05) is 58.4 Å². The number of hydrogen-bond acceptors (Lipinski definition) is 5. The van der Waals surface area contributed by atoms with Crippen molar-refractivity contribution in [3.8, 4) is 0 Å². The van der Waals surface area contributed by atoms with Crippen LogP contribution in [0, 0.1) is 0 Å². The van der Waals surface area contributed by atoms with E-state index in [4.69, 9.17) is 4.74 Å². The third-order valence-electron chi connectivity index (χ3n) is 4.95. The Morgan fingerprint density at radius 2 is 1.81 bits per heavy atom. The van der Waals surface area contributed by atoms with E-state index in [1.165, 1.54) is 11.3 Å². The second-order valence-electron chi connectivity index (χ2n) is 7.08. The molecule has 0 spiro atoms. The molecule has 0 bridgehead atoms. The molecule has 2 heterocycles. The number of Topliss-reactive ketones (excluding diaryl/α,β-unsaturated/α-hetero) is 1. The standard InChI is InChI=1S/C24H19BrN2O4S/c25-18-8-3-1-7-17(18)21(28)14-31-24(30)20(27-23(29)22-10-5-11-32-22)12-15-13-26-19-9-4-2-6-16(15)19/h1-11,13,20,26H,12,14H2,(H,27,29)/t20-/m0/s1. The molecule has 0 unspecified atom stereocenters. The second kappa shape index (κ2) is 9.93. The van der Waals surface area contributed by atoms with E-state index in [0.29, 0.717) is 14.9 Å². The fourth-order valence-electron chi connectivity index (χ4n) is 3.35. The highest BCUT2D eigenvalue weighted by Gasteiger charge is 2.26. The highest BCUT2D eigenvalue weighted by Crippen LogP contribution is 2.20. The molecule has 0 aliphatic rings. The van der Waals surface area contributed by atoms with Gasteiger partial charge in [0, 0.05) is 33.6 Å². The van der Waals surface area contributed by atoms with Gasteiger partial charge in [0.2, 0.25) is 5.78 Å². The number of para-hydroxylation sites is 1. The lowest BCUT2D eigenvalue weighted by atomic mass is 10.0. The highest BCUT2D eigenvalue weighted by atomic mass is 79.9. The maximum Gasteiger partial charge on any atom is 0.329 e. The summed E-state index contributed by atoms with van der Waals surface area (Å²) < 4.78 is 5.95. The molecule has 2 N–H and O–H groups in total. The van der Waals surface area contributed by atoms with E-state index < -0.39 is 18.6 Å². The first-order valence-electron chi connectivity index (χ1n) is 9.86. The van der Waals surface area contributed by atoms with Crippen molar-refractivity contribution in [3.05, 3.63) is 92.7 Å². The summed E-state index contributed by atoms with van der Waals surface area (Å²) in [6.07, 6.45) is 2.04. The number of aromatic amines is 1. The SMILES string of the molecule is O=C(N[C@@H](Cc1c[nH]c2ccccc12)C(=O)OCC(=O)c1ccccc1Br)c1cccs1. The Bertz CT molecular complexity index is 1270. The molecule has 4 rings (SSSR count). The maximum atomic E-state index is 12.9. The quantitative estimate of drug-likeness (QED) is 0.264. The second-order valence-corrected chi connectivity index (χ2v) is 8.88. The van der Waals surface area contributed by atoms with Crippen LogP contribution in [0.3, 0.4) is 0 Å². The number of carbonyl (C=O) groups excluding carboxylic acids is 3. The zero-order chi connectivity index (χ0) is 22.5. The number of esters is 1. The molecule has 8 heteroatoms. The third kappa shape index (κ3) is 4.98. The van der Waals surface area contributed by atoms with Crippen LogP contribution in [0.1, 0.15) is 25.6 Å². The van der Waals surface area contributed by atoms with E-state index in [1.54, 1.807) is 41.8 Å². The molecule has 2 aromatic heterocycles. The normalized spacial score (nSPS) is 11.8. The molecule has 6 nitrogen and oxygen atoms in total. The van der Waals surface area contributed by atoms with Gasteiger partial charge in [-0.15, -0.1) is 11.3 Å². The Labute approximate surface area is 196 Å². The number of amides is 1. The van der Waals surface area contributed by atoms with Gasteiger partial charge < -0.3 is 15.0 Å². The van der Waals surface area contributed by atoms with Crippen LogP contribution in [-0.2, 0) is 16.0 Å².